The Morgan fingerprint density at radius 1 is 1.83 bits per heavy atom. The van der Waals surface area contributed by atoms with Gasteiger partial charge in [-0.2, -0.15) is 0 Å². The average molecular weight is 171 g/mol. The monoisotopic (exact) mass is 171 g/mol. The van der Waals surface area contributed by atoms with E-state index in [0.717, 1.165) is 13.1 Å². The number of carbonyl (C=O) groups is 1. The third-order valence-corrected chi connectivity index (χ3v) is 2.45. The minimum absolute atomic E-state index is 0.0303. The highest BCUT2D eigenvalue weighted by molar-refractivity contribution is 5.82. The number of rotatable bonds is 2. The van der Waals surface area contributed by atoms with Crippen molar-refractivity contribution in [2.24, 2.45) is 5.73 Å². The summed E-state index contributed by atoms with van der Waals surface area (Å²) in [5.41, 5.74) is 5.54. The number of nitrogens with two attached hydrogens (primary N) is 1. The first-order valence-corrected chi connectivity index (χ1v) is 4.40. The molecule has 1 aliphatic heterocycles. The fraction of sp³-hybridized carbons (Fsp3) is 0.875. The lowest BCUT2D eigenvalue weighted by Crippen LogP contribution is -2.57. The van der Waals surface area contributed by atoms with E-state index in [1.807, 2.05) is 6.92 Å². The molecule has 1 heterocycles. The zero-order valence-electron chi connectivity index (χ0n) is 7.71. The lowest BCUT2D eigenvalue weighted by molar-refractivity contribution is -0.129. The summed E-state index contributed by atoms with van der Waals surface area (Å²) in [6.07, 6.45) is 0. The van der Waals surface area contributed by atoms with Gasteiger partial charge in [-0.25, -0.2) is 0 Å². The summed E-state index contributed by atoms with van der Waals surface area (Å²) >= 11 is 0. The molecule has 1 fully saturated rings. The van der Waals surface area contributed by atoms with Gasteiger partial charge in [-0.15, -0.1) is 0 Å². The molecule has 0 bridgehead atoms. The van der Waals surface area contributed by atoms with E-state index in [1.165, 1.54) is 0 Å². The summed E-state index contributed by atoms with van der Waals surface area (Å²) in [6, 6.07) is 0.267. The molecule has 0 saturated carbocycles. The van der Waals surface area contributed by atoms with Crippen LogP contribution in [0, 0.1) is 0 Å². The van der Waals surface area contributed by atoms with Gasteiger partial charge in [-0.05, 0) is 13.8 Å². The third kappa shape index (κ3) is 1.76. The van der Waals surface area contributed by atoms with Gasteiger partial charge < -0.3 is 11.1 Å². The topological polar surface area (TPSA) is 58.4 Å². The Hall–Kier alpha value is -0.610. The van der Waals surface area contributed by atoms with Crippen LogP contribution >= 0.6 is 0 Å². The fourth-order valence-corrected chi connectivity index (χ4v) is 1.54. The molecule has 0 aromatic heterocycles. The standard InChI is InChI=1S/C8H17N3O/c1-6(5-9)11-4-3-10-8(12)7(11)2/h6-7H,3-5,9H2,1-2H3,(H,10,12). The van der Waals surface area contributed by atoms with Gasteiger partial charge >= 0.3 is 0 Å². The van der Waals surface area contributed by atoms with Crippen LogP contribution in [0.3, 0.4) is 0 Å². The second kappa shape index (κ2) is 3.87. The van der Waals surface area contributed by atoms with Crippen LogP contribution in [0.25, 0.3) is 0 Å². The number of hydrogen-bond acceptors (Lipinski definition) is 3. The number of nitrogens with one attached hydrogen (secondary N) is 1. The van der Waals surface area contributed by atoms with E-state index in [4.69, 9.17) is 5.73 Å². The smallest absolute Gasteiger partial charge is 0.237 e. The minimum Gasteiger partial charge on any atom is -0.353 e. The Balaban J connectivity index is 2.57. The molecule has 0 aliphatic carbocycles. The maximum atomic E-state index is 11.2. The predicted molar refractivity (Wildman–Crippen MR) is 47.7 cm³/mol. The molecular formula is C8H17N3O. The molecule has 1 saturated heterocycles. The largest absolute Gasteiger partial charge is 0.353 e. The van der Waals surface area contributed by atoms with Crippen molar-refractivity contribution < 1.29 is 4.79 Å². The van der Waals surface area contributed by atoms with Gasteiger partial charge in [0.05, 0.1) is 6.04 Å². The highest BCUT2D eigenvalue weighted by Gasteiger charge is 2.27. The van der Waals surface area contributed by atoms with E-state index in [2.05, 4.69) is 17.1 Å². The van der Waals surface area contributed by atoms with E-state index < -0.39 is 0 Å². The predicted octanol–water partition coefficient (Wildman–Crippen LogP) is -0.846. The van der Waals surface area contributed by atoms with Gasteiger partial charge in [0.25, 0.3) is 0 Å². The lowest BCUT2D eigenvalue weighted by atomic mass is 10.1. The molecule has 1 rings (SSSR count). The van der Waals surface area contributed by atoms with Crippen LogP contribution in [0.4, 0.5) is 0 Å². The number of hydrogen-bond donors (Lipinski definition) is 2. The van der Waals surface area contributed by atoms with Gasteiger partial charge in [0, 0.05) is 25.7 Å². The molecule has 0 aromatic rings. The Kier molecular flexibility index (Phi) is 3.05. The fourth-order valence-electron chi connectivity index (χ4n) is 1.54. The van der Waals surface area contributed by atoms with Gasteiger partial charge in [0.2, 0.25) is 5.91 Å². The van der Waals surface area contributed by atoms with Crippen LogP contribution < -0.4 is 11.1 Å². The Morgan fingerprint density at radius 2 is 2.50 bits per heavy atom. The Morgan fingerprint density at radius 3 is 3.08 bits per heavy atom. The highest BCUT2D eigenvalue weighted by Crippen LogP contribution is 2.07. The summed E-state index contributed by atoms with van der Waals surface area (Å²) in [5, 5.41) is 2.82. The van der Waals surface area contributed by atoms with Crippen molar-refractivity contribution in [2.75, 3.05) is 19.6 Å². The first-order chi connectivity index (χ1) is 5.66. The summed E-state index contributed by atoms with van der Waals surface area (Å²) in [7, 11) is 0. The van der Waals surface area contributed by atoms with Crippen LogP contribution in [0.1, 0.15) is 13.8 Å². The van der Waals surface area contributed by atoms with Crippen molar-refractivity contribution in [1.29, 1.82) is 0 Å². The molecular weight excluding hydrogens is 154 g/mol. The van der Waals surface area contributed by atoms with Crippen LogP contribution in [0.2, 0.25) is 0 Å². The molecule has 3 N–H and O–H groups in total. The molecule has 4 nitrogen and oxygen atoms in total. The van der Waals surface area contributed by atoms with E-state index in [-0.39, 0.29) is 11.9 Å². The molecule has 70 valence electrons. The summed E-state index contributed by atoms with van der Waals surface area (Å²) in [5.74, 6) is 0.113. The number of carbonyl (C=O) groups excluding carboxylic acids is 1. The van der Waals surface area contributed by atoms with Gasteiger partial charge in [-0.1, -0.05) is 0 Å². The number of piperazine rings is 1. The van der Waals surface area contributed by atoms with Crippen molar-refractivity contribution in [2.45, 2.75) is 25.9 Å². The molecule has 0 spiro atoms. The maximum Gasteiger partial charge on any atom is 0.237 e. The van der Waals surface area contributed by atoms with Gasteiger partial charge in [-0.3, -0.25) is 9.69 Å². The second-order valence-corrected chi connectivity index (χ2v) is 3.29. The Bertz CT molecular complexity index is 172. The average Bonchev–Trinajstić information content (AvgIpc) is 2.08. The molecule has 0 aromatic carbocycles. The molecule has 1 aliphatic rings. The zero-order valence-corrected chi connectivity index (χ0v) is 7.71. The normalized spacial score (nSPS) is 28.2. The zero-order chi connectivity index (χ0) is 9.14. The first-order valence-electron chi connectivity index (χ1n) is 4.40. The summed E-state index contributed by atoms with van der Waals surface area (Å²) in [4.78, 5) is 13.4. The van der Waals surface area contributed by atoms with Crippen molar-refractivity contribution in [3.63, 3.8) is 0 Å². The summed E-state index contributed by atoms with van der Waals surface area (Å²) < 4.78 is 0. The minimum atomic E-state index is -0.0303. The molecule has 2 unspecified atom stereocenters. The van der Waals surface area contributed by atoms with Gasteiger partial charge in [0.1, 0.15) is 0 Å². The van der Waals surface area contributed by atoms with E-state index in [9.17, 15) is 4.79 Å². The van der Waals surface area contributed by atoms with E-state index in [1.54, 1.807) is 0 Å². The SMILES string of the molecule is CC(CN)N1CCNC(=O)C1C. The molecule has 1 amide bonds. The Labute approximate surface area is 73.1 Å². The van der Waals surface area contributed by atoms with Crippen molar-refractivity contribution >= 4 is 5.91 Å². The third-order valence-electron chi connectivity index (χ3n) is 2.45. The number of amides is 1. The lowest BCUT2D eigenvalue weighted by Gasteiger charge is -2.36. The van der Waals surface area contributed by atoms with Crippen molar-refractivity contribution in [3.8, 4) is 0 Å². The summed E-state index contributed by atoms with van der Waals surface area (Å²) in [6.45, 7) is 6.23. The van der Waals surface area contributed by atoms with Crippen LogP contribution in [0.5, 0.6) is 0 Å². The van der Waals surface area contributed by atoms with Gasteiger partial charge in [0.15, 0.2) is 0 Å². The van der Waals surface area contributed by atoms with Crippen molar-refractivity contribution in [1.82, 2.24) is 10.2 Å². The maximum absolute atomic E-state index is 11.2. The van der Waals surface area contributed by atoms with Crippen LogP contribution in [0.15, 0.2) is 0 Å². The quantitative estimate of drug-likeness (QED) is 0.569. The number of nitrogens with zero attached hydrogens (tertiary/aromatic N) is 1. The molecule has 4 heteroatoms. The highest BCUT2D eigenvalue weighted by atomic mass is 16.2. The van der Waals surface area contributed by atoms with E-state index >= 15 is 0 Å². The molecule has 12 heavy (non-hydrogen) atoms. The van der Waals surface area contributed by atoms with Crippen molar-refractivity contribution in [3.05, 3.63) is 0 Å². The molecule has 0 radical (unpaired) electrons. The first kappa shape index (κ1) is 9.48. The van der Waals surface area contributed by atoms with Crippen LogP contribution in [-0.2, 0) is 4.79 Å². The van der Waals surface area contributed by atoms with Crippen LogP contribution in [-0.4, -0.2) is 42.5 Å². The second-order valence-electron chi connectivity index (χ2n) is 3.29. The molecule has 2 atom stereocenters. The van der Waals surface area contributed by atoms with E-state index in [0.29, 0.717) is 12.6 Å².